The van der Waals surface area contributed by atoms with Gasteiger partial charge in [-0.15, -0.1) is 0 Å². The number of hydrogen-bond acceptors (Lipinski definition) is 5. The Labute approximate surface area is 100 Å². The topological polar surface area (TPSA) is 78.8 Å². The Morgan fingerprint density at radius 1 is 1.53 bits per heavy atom. The molecule has 0 fully saturated rings. The summed E-state index contributed by atoms with van der Waals surface area (Å²) in [5.41, 5.74) is 1.62. The number of rotatable bonds is 6. The lowest BCUT2D eigenvalue weighted by Gasteiger charge is -2.11. The van der Waals surface area contributed by atoms with Crippen LogP contribution in [0.4, 0.5) is 5.69 Å². The Morgan fingerprint density at radius 2 is 2.29 bits per heavy atom. The van der Waals surface area contributed by atoms with E-state index in [1.165, 1.54) is 7.11 Å². The van der Waals surface area contributed by atoms with E-state index in [0.29, 0.717) is 0 Å². The molecule has 17 heavy (non-hydrogen) atoms. The molecule has 1 atom stereocenters. The van der Waals surface area contributed by atoms with Crippen molar-refractivity contribution in [1.29, 1.82) is 0 Å². The fourth-order valence-corrected chi connectivity index (χ4v) is 1.33. The predicted octanol–water partition coefficient (Wildman–Crippen LogP) is 0.167. The molecule has 0 aliphatic carbocycles. The van der Waals surface area contributed by atoms with Gasteiger partial charge in [-0.2, -0.15) is 0 Å². The van der Waals surface area contributed by atoms with E-state index in [9.17, 15) is 9.90 Å². The Hall–Kier alpha value is -1.59. The van der Waals surface area contributed by atoms with Crippen LogP contribution in [0.1, 0.15) is 5.56 Å². The van der Waals surface area contributed by atoms with Gasteiger partial charge in [0.1, 0.15) is 0 Å². The summed E-state index contributed by atoms with van der Waals surface area (Å²) in [6.07, 6.45) is -0.576. The summed E-state index contributed by atoms with van der Waals surface area (Å²) < 4.78 is 4.58. The van der Waals surface area contributed by atoms with Crippen LogP contribution in [-0.4, -0.2) is 42.5 Å². The molecule has 0 spiro atoms. The number of esters is 1. The largest absolute Gasteiger partial charge is 0.469 e. The first kappa shape index (κ1) is 13.5. The quantitative estimate of drug-likeness (QED) is 0.617. The van der Waals surface area contributed by atoms with Gasteiger partial charge in [0.25, 0.3) is 0 Å². The van der Waals surface area contributed by atoms with E-state index in [1.807, 2.05) is 18.2 Å². The lowest BCUT2D eigenvalue weighted by Crippen LogP contribution is -2.22. The van der Waals surface area contributed by atoms with Crippen molar-refractivity contribution in [3.8, 4) is 0 Å². The summed E-state index contributed by atoms with van der Waals surface area (Å²) in [4.78, 5) is 11.1. The maximum Gasteiger partial charge on any atom is 0.309 e. The molecule has 5 nitrogen and oxygen atoms in total. The van der Waals surface area contributed by atoms with E-state index in [0.717, 1.165) is 11.3 Å². The molecule has 0 saturated heterocycles. The first-order valence-electron chi connectivity index (χ1n) is 5.34. The number of nitrogens with one attached hydrogen (secondary N) is 1. The fourth-order valence-electron chi connectivity index (χ4n) is 1.33. The molecule has 1 aromatic rings. The fraction of sp³-hybridized carbons (Fsp3) is 0.417. The summed E-state index contributed by atoms with van der Waals surface area (Å²) in [5, 5.41) is 20.8. The average molecular weight is 239 g/mol. The number of methoxy groups -OCH3 is 1. The Balaban J connectivity index is 2.56. The van der Waals surface area contributed by atoms with Crippen molar-refractivity contribution in [2.24, 2.45) is 0 Å². The first-order valence-corrected chi connectivity index (χ1v) is 5.34. The van der Waals surface area contributed by atoms with E-state index in [2.05, 4.69) is 10.1 Å². The van der Waals surface area contributed by atoms with E-state index in [1.54, 1.807) is 6.07 Å². The van der Waals surface area contributed by atoms with Crippen LogP contribution >= 0.6 is 0 Å². The summed E-state index contributed by atoms with van der Waals surface area (Å²) in [5.74, 6) is -0.294. The maximum absolute atomic E-state index is 11.1. The maximum atomic E-state index is 11.1. The van der Waals surface area contributed by atoms with Crippen LogP contribution in [0.2, 0.25) is 0 Å². The van der Waals surface area contributed by atoms with Crippen LogP contribution in [0.3, 0.4) is 0 Å². The van der Waals surface area contributed by atoms with Gasteiger partial charge in [-0.05, 0) is 17.7 Å². The molecule has 94 valence electrons. The molecule has 0 aromatic heterocycles. The van der Waals surface area contributed by atoms with Crippen LogP contribution in [0.25, 0.3) is 0 Å². The summed E-state index contributed by atoms with van der Waals surface area (Å²) in [6.45, 7) is -0.0208. The van der Waals surface area contributed by atoms with E-state index < -0.39 is 6.10 Å². The molecule has 0 radical (unpaired) electrons. The highest BCUT2D eigenvalue weighted by Crippen LogP contribution is 2.11. The van der Waals surface area contributed by atoms with E-state index in [4.69, 9.17) is 5.11 Å². The highest BCUT2D eigenvalue weighted by atomic mass is 16.5. The third kappa shape index (κ3) is 4.84. The molecule has 0 aliphatic rings. The molecule has 0 heterocycles. The van der Waals surface area contributed by atoms with Crippen molar-refractivity contribution in [2.45, 2.75) is 12.5 Å². The van der Waals surface area contributed by atoms with E-state index in [-0.39, 0.29) is 25.5 Å². The third-order valence-corrected chi connectivity index (χ3v) is 2.26. The van der Waals surface area contributed by atoms with E-state index >= 15 is 0 Å². The standard InChI is InChI=1S/C12H17NO4/c1-17-12(16)6-9-3-2-4-10(5-9)13-7-11(15)8-14/h2-5,11,13-15H,6-8H2,1H3. The molecule has 0 saturated carbocycles. The van der Waals surface area contributed by atoms with Gasteiger partial charge < -0.3 is 20.3 Å². The first-order chi connectivity index (χ1) is 8.15. The highest BCUT2D eigenvalue weighted by molar-refractivity contribution is 5.72. The molecular formula is C12H17NO4. The van der Waals surface area contributed by atoms with Crippen LogP contribution in [0, 0.1) is 0 Å². The molecule has 1 unspecified atom stereocenters. The Morgan fingerprint density at radius 3 is 2.94 bits per heavy atom. The number of benzene rings is 1. The van der Waals surface area contributed by atoms with Crippen molar-refractivity contribution in [1.82, 2.24) is 0 Å². The van der Waals surface area contributed by atoms with Crippen LogP contribution in [0.15, 0.2) is 24.3 Å². The van der Waals surface area contributed by atoms with Gasteiger partial charge in [-0.25, -0.2) is 0 Å². The summed E-state index contributed by atoms with van der Waals surface area (Å²) in [6, 6.07) is 7.27. The van der Waals surface area contributed by atoms with Crippen LogP contribution < -0.4 is 5.32 Å². The number of ether oxygens (including phenoxy) is 1. The smallest absolute Gasteiger partial charge is 0.309 e. The monoisotopic (exact) mass is 239 g/mol. The minimum Gasteiger partial charge on any atom is -0.469 e. The zero-order chi connectivity index (χ0) is 12.7. The van der Waals surface area contributed by atoms with Gasteiger partial charge in [0.2, 0.25) is 0 Å². The number of hydrogen-bond donors (Lipinski definition) is 3. The second-order valence-electron chi connectivity index (χ2n) is 3.67. The molecule has 0 amide bonds. The molecule has 1 rings (SSSR count). The molecule has 0 bridgehead atoms. The summed E-state index contributed by atoms with van der Waals surface area (Å²) in [7, 11) is 1.35. The van der Waals surface area contributed by atoms with Crippen molar-refractivity contribution in [3.63, 3.8) is 0 Å². The lowest BCUT2D eigenvalue weighted by atomic mass is 10.1. The molecular weight excluding hydrogens is 222 g/mol. The van der Waals surface area contributed by atoms with Crippen molar-refractivity contribution in [3.05, 3.63) is 29.8 Å². The molecule has 0 aliphatic heterocycles. The number of aliphatic hydroxyl groups is 2. The minimum atomic E-state index is -0.792. The Bertz CT molecular complexity index is 367. The number of aliphatic hydroxyl groups excluding tert-OH is 2. The lowest BCUT2D eigenvalue weighted by molar-refractivity contribution is -0.139. The number of carbonyl (C=O) groups excluding carboxylic acids is 1. The van der Waals surface area contributed by atoms with Gasteiger partial charge in [0.05, 0.1) is 26.2 Å². The second kappa shape index (κ2) is 6.88. The van der Waals surface area contributed by atoms with Gasteiger partial charge >= 0.3 is 5.97 Å². The van der Waals surface area contributed by atoms with Crippen molar-refractivity contribution in [2.75, 3.05) is 25.6 Å². The number of carbonyl (C=O) groups is 1. The normalized spacial score (nSPS) is 11.9. The molecule has 3 N–H and O–H groups in total. The zero-order valence-corrected chi connectivity index (χ0v) is 9.72. The average Bonchev–Trinajstić information content (AvgIpc) is 2.36. The van der Waals surface area contributed by atoms with Crippen LogP contribution in [-0.2, 0) is 16.0 Å². The SMILES string of the molecule is COC(=O)Cc1cccc(NCC(O)CO)c1. The highest BCUT2D eigenvalue weighted by Gasteiger charge is 2.04. The van der Waals surface area contributed by atoms with Crippen molar-refractivity contribution < 1.29 is 19.7 Å². The predicted molar refractivity (Wildman–Crippen MR) is 63.7 cm³/mol. The van der Waals surface area contributed by atoms with Gasteiger partial charge in [-0.1, -0.05) is 12.1 Å². The minimum absolute atomic E-state index is 0.217. The van der Waals surface area contributed by atoms with Crippen LogP contribution in [0.5, 0.6) is 0 Å². The second-order valence-corrected chi connectivity index (χ2v) is 3.67. The number of anilines is 1. The molecule has 1 aromatic carbocycles. The summed E-state index contributed by atoms with van der Waals surface area (Å²) >= 11 is 0. The van der Waals surface area contributed by atoms with Gasteiger partial charge in [-0.3, -0.25) is 4.79 Å². The zero-order valence-electron chi connectivity index (χ0n) is 9.72. The van der Waals surface area contributed by atoms with Crippen molar-refractivity contribution >= 4 is 11.7 Å². The Kier molecular flexibility index (Phi) is 5.45. The third-order valence-electron chi connectivity index (χ3n) is 2.26. The van der Waals surface area contributed by atoms with Gasteiger partial charge in [0, 0.05) is 12.2 Å². The molecule has 5 heteroatoms. The van der Waals surface area contributed by atoms with Gasteiger partial charge in [0.15, 0.2) is 0 Å².